The molecule has 0 aliphatic heterocycles. The first-order chi connectivity index (χ1) is 12.1. The highest BCUT2D eigenvalue weighted by Crippen LogP contribution is 2.29. The fourth-order valence-corrected chi connectivity index (χ4v) is 2.40. The number of hydrogen-bond donors (Lipinski definition) is 2. The minimum Gasteiger partial charge on any atom is -0.497 e. The standard InChI is InChI=1S/C19H20N2O4/c1-24-15-8-9-17(25-2)16(11-15)21-19(23)13-5-3-4-12(10-13)18(22)20-14-6-7-14/h3-5,8-11,14H,6-7H2,1-2H3,(H,20,22)(H,21,23). The monoisotopic (exact) mass is 340 g/mol. The van der Waals surface area contributed by atoms with Gasteiger partial charge in [0.15, 0.2) is 0 Å². The number of amides is 2. The van der Waals surface area contributed by atoms with Crippen molar-refractivity contribution in [3.05, 3.63) is 53.6 Å². The Morgan fingerprint density at radius 2 is 1.68 bits per heavy atom. The van der Waals surface area contributed by atoms with Crippen molar-refractivity contribution in [3.63, 3.8) is 0 Å². The number of ether oxygens (including phenoxy) is 2. The molecular weight excluding hydrogens is 320 g/mol. The largest absolute Gasteiger partial charge is 0.497 e. The highest BCUT2D eigenvalue weighted by Gasteiger charge is 2.24. The van der Waals surface area contributed by atoms with Gasteiger partial charge in [0.2, 0.25) is 0 Å². The van der Waals surface area contributed by atoms with E-state index in [0.29, 0.717) is 28.3 Å². The van der Waals surface area contributed by atoms with E-state index in [9.17, 15) is 9.59 Å². The molecule has 0 saturated heterocycles. The van der Waals surface area contributed by atoms with Gasteiger partial charge in [0.25, 0.3) is 11.8 Å². The smallest absolute Gasteiger partial charge is 0.255 e. The van der Waals surface area contributed by atoms with Crippen LogP contribution in [0.15, 0.2) is 42.5 Å². The molecule has 2 aromatic carbocycles. The normalized spacial score (nSPS) is 13.0. The summed E-state index contributed by atoms with van der Waals surface area (Å²) in [5.41, 5.74) is 1.37. The highest BCUT2D eigenvalue weighted by molar-refractivity contribution is 6.06. The zero-order chi connectivity index (χ0) is 17.8. The molecule has 0 atom stereocenters. The fraction of sp³-hybridized carbons (Fsp3) is 0.263. The average Bonchev–Trinajstić information content (AvgIpc) is 3.45. The van der Waals surface area contributed by atoms with Gasteiger partial charge in [-0.1, -0.05) is 6.07 Å². The van der Waals surface area contributed by atoms with Gasteiger partial charge in [-0.15, -0.1) is 0 Å². The van der Waals surface area contributed by atoms with E-state index in [1.807, 2.05) is 0 Å². The zero-order valence-corrected chi connectivity index (χ0v) is 14.2. The molecule has 0 heterocycles. The first kappa shape index (κ1) is 16.8. The molecule has 1 saturated carbocycles. The summed E-state index contributed by atoms with van der Waals surface area (Å²) >= 11 is 0. The molecule has 130 valence electrons. The average molecular weight is 340 g/mol. The van der Waals surface area contributed by atoms with Gasteiger partial charge >= 0.3 is 0 Å². The minimum atomic E-state index is -0.326. The number of hydrogen-bond acceptors (Lipinski definition) is 4. The molecule has 2 N–H and O–H groups in total. The lowest BCUT2D eigenvalue weighted by Crippen LogP contribution is -2.25. The number of nitrogens with one attached hydrogen (secondary N) is 2. The summed E-state index contributed by atoms with van der Waals surface area (Å²) in [6.07, 6.45) is 2.03. The van der Waals surface area contributed by atoms with Crippen LogP contribution < -0.4 is 20.1 Å². The first-order valence-electron chi connectivity index (χ1n) is 8.05. The Hall–Kier alpha value is -3.02. The molecule has 0 spiro atoms. The predicted molar refractivity (Wildman–Crippen MR) is 94.4 cm³/mol. The van der Waals surface area contributed by atoms with E-state index >= 15 is 0 Å². The van der Waals surface area contributed by atoms with E-state index in [2.05, 4.69) is 10.6 Å². The van der Waals surface area contributed by atoms with Gasteiger partial charge in [-0.05, 0) is 43.2 Å². The third-order valence-corrected chi connectivity index (χ3v) is 3.95. The minimum absolute atomic E-state index is 0.156. The second-order valence-electron chi connectivity index (χ2n) is 5.85. The molecule has 3 rings (SSSR count). The summed E-state index contributed by atoms with van der Waals surface area (Å²) in [6, 6.07) is 12.0. The molecule has 1 aliphatic rings. The molecule has 0 unspecified atom stereocenters. The maximum absolute atomic E-state index is 12.6. The van der Waals surface area contributed by atoms with Crippen molar-refractivity contribution in [1.82, 2.24) is 5.32 Å². The van der Waals surface area contributed by atoms with Crippen molar-refractivity contribution in [2.45, 2.75) is 18.9 Å². The first-order valence-corrected chi connectivity index (χ1v) is 8.05. The zero-order valence-electron chi connectivity index (χ0n) is 14.2. The van der Waals surface area contributed by atoms with Crippen molar-refractivity contribution in [2.24, 2.45) is 0 Å². The summed E-state index contributed by atoms with van der Waals surface area (Å²) in [4.78, 5) is 24.7. The SMILES string of the molecule is COc1ccc(OC)c(NC(=O)c2cccc(C(=O)NC3CC3)c2)c1. The quantitative estimate of drug-likeness (QED) is 0.848. The number of anilines is 1. The molecule has 2 amide bonds. The second kappa shape index (κ2) is 7.25. The van der Waals surface area contributed by atoms with Crippen molar-refractivity contribution in [2.75, 3.05) is 19.5 Å². The molecular formula is C19H20N2O4. The van der Waals surface area contributed by atoms with Crippen LogP contribution in [0.3, 0.4) is 0 Å². The number of benzene rings is 2. The van der Waals surface area contributed by atoms with Crippen LogP contribution in [0.4, 0.5) is 5.69 Å². The molecule has 1 fully saturated rings. The lowest BCUT2D eigenvalue weighted by molar-refractivity contribution is 0.0951. The van der Waals surface area contributed by atoms with Crippen LogP contribution in [0.25, 0.3) is 0 Å². The van der Waals surface area contributed by atoms with Crippen LogP contribution >= 0.6 is 0 Å². The molecule has 6 nitrogen and oxygen atoms in total. The Morgan fingerprint density at radius 3 is 2.32 bits per heavy atom. The molecule has 25 heavy (non-hydrogen) atoms. The Balaban J connectivity index is 1.78. The summed E-state index contributed by atoms with van der Waals surface area (Å²) in [7, 11) is 3.08. The molecule has 2 aromatic rings. The van der Waals surface area contributed by atoms with E-state index < -0.39 is 0 Å². The second-order valence-corrected chi connectivity index (χ2v) is 5.85. The van der Waals surface area contributed by atoms with Crippen LogP contribution in [0.5, 0.6) is 11.5 Å². The maximum Gasteiger partial charge on any atom is 0.255 e. The van der Waals surface area contributed by atoms with Crippen molar-refractivity contribution in [1.29, 1.82) is 0 Å². The van der Waals surface area contributed by atoms with E-state index in [1.165, 1.54) is 7.11 Å². The Bertz CT molecular complexity index is 800. The fourth-order valence-electron chi connectivity index (χ4n) is 2.40. The van der Waals surface area contributed by atoms with Crippen molar-refractivity contribution in [3.8, 4) is 11.5 Å². The topological polar surface area (TPSA) is 76.7 Å². The molecule has 0 aromatic heterocycles. The van der Waals surface area contributed by atoms with Crippen LogP contribution in [-0.4, -0.2) is 32.1 Å². The van der Waals surface area contributed by atoms with E-state index in [-0.39, 0.29) is 17.9 Å². The van der Waals surface area contributed by atoms with Crippen LogP contribution in [0.1, 0.15) is 33.6 Å². The van der Waals surface area contributed by atoms with E-state index in [4.69, 9.17) is 9.47 Å². The number of carbonyl (C=O) groups excluding carboxylic acids is 2. The third-order valence-electron chi connectivity index (χ3n) is 3.95. The van der Waals surface area contributed by atoms with Crippen LogP contribution in [0, 0.1) is 0 Å². The van der Waals surface area contributed by atoms with Crippen molar-refractivity contribution >= 4 is 17.5 Å². The summed E-state index contributed by atoms with van der Waals surface area (Å²) in [6.45, 7) is 0. The van der Waals surface area contributed by atoms with Gasteiger partial charge in [0.05, 0.1) is 19.9 Å². The van der Waals surface area contributed by atoms with Crippen LogP contribution in [0.2, 0.25) is 0 Å². The van der Waals surface area contributed by atoms with Gasteiger partial charge in [-0.3, -0.25) is 9.59 Å². The third kappa shape index (κ3) is 4.09. The van der Waals surface area contributed by atoms with E-state index in [1.54, 1.807) is 49.6 Å². The Kier molecular flexibility index (Phi) is 4.88. The van der Waals surface area contributed by atoms with Crippen molar-refractivity contribution < 1.29 is 19.1 Å². The Morgan fingerprint density at radius 1 is 0.960 bits per heavy atom. The predicted octanol–water partition coefficient (Wildman–Crippen LogP) is 2.85. The molecule has 0 radical (unpaired) electrons. The van der Waals surface area contributed by atoms with Gasteiger partial charge in [-0.25, -0.2) is 0 Å². The summed E-state index contributed by atoms with van der Waals surface area (Å²) in [5.74, 6) is 0.647. The number of rotatable bonds is 6. The summed E-state index contributed by atoms with van der Waals surface area (Å²) < 4.78 is 10.4. The molecule has 1 aliphatic carbocycles. The van der Waals surface area contributed by atoms with Gasteiger partial charge in [0.1, 0.15) is 11.5 Å². The van der Waals surface area contributed by atoms with Crippen LogP contribution in [-0.2, 0) is 0 Å². The maximum atomic E-state index is 12.6. The van der Waals surface area contributed by atoms with E-state index in [0.717, 1.165) is 12.8 Å². The Labute approximate surface area is 146 Å². The molecule has 6 heteroatoms. The lowest BCUT2D eigenvalue weighted by atomic mass is 10.1. The highest BCUT2D eigenvalue weighted by atomic mass is 16.5. The number of carbonyl (C=O) groups is 2. The summed E-state index contributed by atoms with van der Waals surface area (Å²) in [5, 5.41) is 5.71. The molecule has 0 bridgehead atoms. The number of methoxy groups -OCH3 is 2. The lowest BCUT2D eigenvalue weighted by Gasteiger charge is -2.12. The van der Waals surface area contributed by atoms with Gasteiger partial charge in [-0.2, -0.15) is 0 Å². The van der Waals surface area contributed by atoms with Gasteiger partial charge in [0, 0.05) is 23.2 Å². The van der Waals surface area contributed by atoms with Gasteiger partial charge < -0.3 is 20.1 Å².